The Bertz CT molecular complexity index is 811. The second-order valence-electron chi connectivity index (χ2n) is 6.61. The molecule has 2 aliphatic heterocycles. The molecule has 26 heavy (non-hydrogen) atoms. The number of nitrogens with two attached hydrogens (primary N) is 1. The summed E-state index contributed by atoms with van der Waals surface area (Å²) in [6.07, 6.45) is 1.33. The third kappa shape index (κ3) is 4.83. The number of amides is 1. The van der Waals surface area contributed by atoms with E-state index in [0.29, 0.717) is 27.6 Å². The monoisotopic (exact) mass is 420 g/mol. The van der Waals surface area contributed by atoms with Gasteiger partial charge in [-0.05, 0) is 25.1 Å². The fourth-order valence-corrected chi connectivity index (χ4v) is 6.18. The minimum Gasteiger partial charge on any atom is -0.384 e. The Morgan fingerprint density at radius 1 is 1.35 bits per heavy atom. The lowest BCUT2D eigenvalue weighted by atomic mass is 10.2. The number of morpholine rings is 1. The highest BCUT2D eigenvalue weighted by atomic mass is 32.2. The van der Waals surface area contributed by atoms with Gasteiger partial charge >= 0.3 is 0 Å². The molecule has 11 heteroatoms. The Hall–Kier alpha value is -1.01. The van der Waals surface area contributed by atoms with Crippen molar-refractivity contribution in [3.8, 4) is 0 Å². The number of ether oxygens (including phenoxy) is 1. The molecule has 0 radical (unpaired) electrons. The molecule has 3 rings (SSSR count). The molecule has 0 aliphatic carbocycles. The van der Waals surface area contributed by atoms with Gasteiger partial charge in [-0.3, -0.25) is 9.69 Å². The quantitative estimate of drug-likeness (QED) is 0.646. The molecule has 1 atom stereocenters. The number of carbonyl (C=O) groups is 1. The molecule has 146 valence electrons. The summed E-state index contributed by atoms with van der Waals surface area (Å²) in [4.78, 5) is 15.2. The van der Waals surface area contributed by atoms with Gasteiger partial charge in [0, 0.05) is 32.2 Å². The summed E-state index contributed by atoms with van der Waals surface area (Å²) in [7, 11) is -3.04. The minimum absolute atomic E-state index is 0.00962. The van der Waals surface area contributed by atoms with Crippen molar-refractivity contribution >= 4 is 45.1 Å². The number of hydrogen-bond donors (Lipinski definition) is 2. The predicted octanol–water partition coefficient (Wildman–Crippen LogP) is 0.500. The lowest BCUT2D eigenvalue weighted by Crippen LogP contribution is -2.37. The summed E-state index contributed by atoms with van der Waals surface area (Å²) in [6, 6.07) is -0.350. The number of aromatic nitrogens is 1. The largest absolute Gasteiger partial charge is 0.384 e. The van der Waals surface area contributed by atoms with Crippen LogP contribution in [0.5, 0.6) is 0 Å². The average Bonchev–Trinajstić information content (AvgIpc) is 3.08. The van der Waals surface area contributed by atoms with Crippen LogP contribution in [0.15, 0.2) is 0 Å². The van der Waals surface area contributed by atoms with Crippen molar-refractivity contribution in [2.24, 2.45) is 0 Å². The number of hydrogen-bond acceptors (Lipinski definition) is 8. The summed E-state index contributed by atoms with van der Waals surface area (Å²) >= 11 is 6.54. The fraction of sp³-hybridized carbons (Fsp3) is 0.733. The van der Waals surface area contributed by atoms with E-state index in [1.807, 2.05) is 0 Å². The van der Waals surface area contributed by atoms with E-state index >= 15 is 0 Å². The van der Waals surface area contributed by atoms with Crippen molar-refractivity contribution in [2.75, 3.05) is 50.1 Å². The van der Waals surface area contributed by atoms with Gasteiger partial charge in [0.1, 0.15) is 10.7 Å². The molecule has 0 spiro atoms. The van der Waals surface area contributed by atoms with E-state index in [0.717, 1.165) is 39.3 Å². The normalized spacial score (nSPS) is 23.2. The highest BCUT2D eigenvalue weighted by molar-refractivity contribution is 7.91. The summed E-state index contributed by atoms with van der Waals surface area (Å²) in [5.41, 5.74) is 6.15. The van der Waals surface area contributed by atoms with Crippen LogP contribution in [0.4, 0.5) is 5.82 Å². The zero-order valence-electron chi connectivity index (χ0n) is 14.5. The van der Waals surface area contributed by atoms with E-state index < -0.39 is 9.84 Å². The number of sulfone groups is 1. The van der Waals surface area contributed by atoms with Gasteiger partial charge in [-0.25, -0.2) is 8.42 Å². The molecule has 1 amide bonds. The Morgan fingerprint density at radius 2 is 2.08 bits per heavy atom. The maximum Gasteiger partial charge on any atom is 0.265 e. The molecule has 0 unspecified atom stereocenters. The van der Waals surface area contributed by atoms with Crippen molar-refractivity contribution < 1.29 is 17.9 Å². The van der Waals surface area contributed by atoms with Crippen LogP contribution in [0.3, 0.4) is 0 Å². The van der Waals surface area contributed by atoms with E-state index in [2.05, 4.69) is 10.2 Å². The number of nitrogens with one attached hydrogen (secondary N) is 1. The lowest BCUT2D eigenvalue weighted by Gasteiger charge is -2.26. The number of anilines is 1. The first kappa shape index (κ1) is 19.7. The minimum atomic E-state index is -3.04. The molecule has 2 fully saturated rings. The number of rotatable bonds is 6. The van der Waals surface area contributed by atoms with Gasteiger partial charge in [0.15, 0.2) is 13.8 Å². The Morgan fingerprint density at radius 3 is 2.73 bits per heavy atom. The number of nitrogen functional groups attached to an aromatic ring is 1. The van der Waals surface area contributed by atoms with Gasteiger partial charge in [-0.2, -0.15) is 0 Å². The number of carbonyl (C=O) groups excluding carboxylic acids is 1. The van der Waals surface area contributed by atoms with Gasteiger partial charge in [0.05, 0.1) is 24.7 Å². The van der Waals surface area contributed by atoms with Gasteiger partial charge < -0.3 is 20.4 Å². The highest BCUT2D eigenvalue weighted by Gasteiger charge is 2.30. The smallest absolute Gasteiger partial charge is 0.265 e. The molecular formula is C15H24N4O4S3. The van der Waals surface area contributed by atoms with E-state index in [1.165, 1.54) is 11.3 Å². The summed E-state index contributed by atoms with van der Waals surface area (Å²) in [5, 5.41) is 2.77. The Kier molecular flexibility index (Phi) is 6.33. The standard InChI is InChI=1S/C15H24N4O4S3/c16-13-12(14(20)17-11-2-9-26(21,22)10-11)25-15(24)19(13)4-1-3-18-5-7-23-8-6-18/h11H,1-10,16H2,(H,17,20)/t11-/m0/s1. The predicted molar refractivity (Wildman–Crippen MR) is 104 cm³/mol. The summed E-state index contributed by atoms with van der Waals surface area (Å²) < 4.78 is 30.7. The third-order valence-corrected chi connectivity index (χ3v) is 7.90. The first-order chi connectivity index (χ1) is 12.4. The molecule has 8 nitrogen and oxygen atoms in total. The van der Waals surface area contributed by atoms with Crippen molar-refractivity contribution in [1.82, 2.24) is 14.8 Å². The first-order valence-corrected chi connectivity index (χ1v) is 11.7. The van der Waals surface area contributed by atoms with E-state index in [4.69, 9.17) is 22.7 Å². The van der Waals surface area contributed by atoms with Crippen molar-refractivity contribution in [3.63, 3.8) is 0 Å². The van der Waals surface area contributed by atoms with Crippen LogP contribution in [-0.2, 0) is 21.1 Å². The Labute approximate surface area is 162 Å². The third-order valence-electron chi connectivity index (χ3n) is 4.67. The van der Waals surface area contributed by atoms with Crippen molar-refractivity contribution in [3.05, 3.63) is 8.83 Å². The van der Waals surface area contributed by atoms with Crippen LogP contribution in [-0.4, -0.2) is 74.2 Å². The van der Waals surface area contributed by atoms with Crippen LogP contribution in [0.25, 0.3) is 0 Å². The summed E-state index contributed by atoms with van der Waals surface area (Å²) in [5.74, 6) is 0.128. The lowest BCUT2D eigenvalue weighted by molar-refractivity contribution is 0.0369. The summed E-state index contributed by atoms with van der Waals surface area (Å²) in [6.45, 7) is 4.99. The fourth-order valence-electron chi connectivity index (χ4n) is 3.23. The molecule has 0 bridgehead atoms. The van der Waals surface area contributed by atoms with Crippen LogP contribution < -0.4 is 11.1 Å². The molecule has 2 aliphatic rings. The topological polar surface area (TPSA) is 107 Å². The van der Waals surface area contributed by atoms with Crippen LogP contribution in [0, 0.1) is 3.95 Å². The van der Waals surface area contributed by atoms with Crippen LogP contribution >= 0.6 is 23.6 Å². The van der Waals surface area contributed by atoms with E-state index in [-0.39, 0.29) is 23.5 Å². The molecule has 1 aromatic heterocycles. The average molecular weight is 421 g/mol. The molecule has 2 saturated heterocycles. The van der Waals surface area contributed by atoms with Crippen LogP contribution in [0.1, 0.15) is 22.5 Å². The zero-order chi connectivity index (χ0) is 18.7. The van der Waals surface area contributed by atoms with E-state index in [1.54, 1.807) is 4.57 Å². The molecule has 0 saturated carbocycles. The van der Waals surface area contributed by atoms with Crippen LogP contribution in [0.2, 0.25) is 0 Å². The molecule has 3 heterocycles. The number of nitrogens with zero attached hydrogens (tertiary/aromatic N) is 2. The second-order valence-corrected chi connectivity index (χ2v) is 10.5. The maximum absolute atomic E-state index is 12.5. The molecular weight excluding hydrogens is 396 g/mol. The van der Waals surface area contributed by atoms with Gasteiger partial charge in [0.25, 0.3) is 5.91 Å². The number of thiazole rings is 1. The Balaban J connectivity index is 1.58. The van der Waals surface area contributed by atoms with Gasteiger partial charge in [-0.15, -0.1) is 0 Å². The molecule has 1 aromatic rings. The van der Waals surface area contributed by atoms with Crippen molar-refractivity contribution in [2.45, 2.75) is 25.4 Å². The molecule has 3 N–H and O–H groups in total. The second kappa shape index (κ2) is 8.34. The molecule has 0 aromatic carbocycles. The highest BCUT2D eigenvalue weighted by Crippen LogP contribution is 2.23. The van der Waals surface area contributed by atoms with Crippen molar-refractivity contribution in [1.29, 1.82) is 0 Å². The first-order valence-electron chi connectivity index (χ1n) is 8.66. The SMILES string of the molecule is Nc1c(C(=O)N[C@H]2CCS(=O)(=O)C2)sc(=S)n1CCCN1CCOCC1. The maximum atomic E-state index is 12.5. The van der Waals surface area contributed by atoms with Gasteiger partial charge in [-0.1, -0.05) is 11.3 Å². The van der Waals surface area contributed by atoms with Gasteiger partial charge in [0.2, 0.25) is 0 Å². The zero-order valence-corrected chi connectivity index (χ0v) is 16.9. The van der Waals surface area contributed by atoms with E-state index in [9.17, 15) is 13.2 Å².